The molecule has 4 heteroatoms. The van der Waals surface area contributed by atoms with Gasteiger partial charge in [-0.15, -0.1) is 0 Å². The summed E-state index contributed by atoms with van der Waals surface area (Å²) in [5, 5.41) is 12.0. The summed E-state index contributed by atoms with van der Waals surface area (Å²) in [6.07, 6.45) is 2.91. The Kier molecular flexibility index (Phi) is 3.28. The number of halogens is 1. The van der Waals surface area contributed by atoms with Crippen molar-refractivity contribution in [3.05, 3.63) is 29.6 Å². The van der Waals surface area contributed by atoms with Gasteiger partial charge in [0.15, 0.2) is 0 Å². The van der Waals surface area contributed by atoms with Crippen molar-refractivity contribution in [3.63, 3.8) is 0 Å². The molecule has 2 N–H and O–H groups in total. The SMILES string of the molecule is CC1(C)CCC(NC(=O)c2ccc(O)cc2F)C1. The zero-order valence-electron chi connectivity index (χ0n) is 10.7. The van der Waals surface area contributed by atoms with Crippen LogP contribution in [0, 0.1) is 11.2 Å². The van der Waals surface area contributed by atoms with Crippen molar-refractivity contribution in [2.75, 3.05) is 0 Å². The lowest BCUT2D eigenvalue weighted by Gasteiger charge is -2.18. The van der Waals surface area contributed by atoms with Gasteiger partial charge >= 0.3 is 0 Å². The number of hydrogen-bond acceptors (Lipinski definition) is 2. The quantitative estimate of drug-likeness (QED) is 0.849. The Morgan fingerprint density at radius 1 is 1.50 bits per heavy atom. The molecule has 0 radical (unpaired) electrons. The molecule has 1 aliphatic carbocycles. The van der Waals surface area contributed by atoms with E-state index >= 15 is 0 Å². The highest BCUT2D eigenvalue weighted by Crippen LogP contribution is 2.37. The first-order valence-electron chi connectivity index (χ1n) is 6.17. The molecule has 0 spiro atoms. The van der Waals surface area contributed by atoms with Crippen LogP contribution in [-0.2, 0) is 0 Å². The molecule has 3 nitrogen and oxygen atoms in total. The van der Waals surface area contributed by atoms with Crippen molar-refractivity contribution >= 4 is 5.91 Å². The monoisotopic (exact) mass is 251 g/mol. The number of hydrogen-bond donors (Lipinski definition) is 2. The number of aromatic hydroxyl groups is 1. The molecular weight excluding hydrogens is 233 g/mol. The Morgan fingerprint density at radius 2 is 2.22 bits per heavy atom. The second kappa shape index (κ2) is 4.59. The van der Waals surface area contributed by atoms with Crippen molar-refractivity contribution in [1.82, 2.24) is 5.32 Å². The zero-order valence-corrected chi connectivity index (χ0v) is 10.7. The molecule has 1 aliphatic rings. The molecule has 1 atom stereocenters. The van der Waals surface area contributed by atoms with Gasteiger partial charge in [0.2, 0.25) is 0 Å². The third-order valence-electron chi connectivity index (χ3n) is 3.50. The fraction of sp³-hybridized carbons (Fsp3) is 0.500. The number of amides is 1. The highest BCUT2D eigenvalue weighted by molar-refractivity contribution is 5.94. The minimum absolute atomic E-state index is 0.0162. The van der Waals surface area contributed by atoms with Gasteiger partial charge in [0, 0.05) is 12.1 Å². The lowest BCUT2D eigenvalue weighted by molar-refractivity contribution is 0.0932. The van der Waals surface area contributed by atoms with Crippen LogP contribution in [0.4, 0.5) is 4.39 Å². The van der Waals surface area contributed by atoms with Gasteiger partial charge in [0.05, 0.1) is 5.56 Å². The maximum absolute atomic E-state index is 13.5. The molecular formula is C14H18FNO2. The van der Waals surface area contributed by atoms with E-state index in [-0.39, 0.29) is 22.8 Å². The van der Waals surface area contributed by atoms with Gasteiger partial charge in [-0.25, -0.2) is 4.39 Å². The number of nitrogens with one attached hydrogen (secondary N) is 1. The van der Waals surface area contributed by atoms with Crippen LogP contribution in [0.3, 0.4) is 0 Å². The molecule has 0 heterocycles. The van der Waals surface area contributed by atoms with Gasteiger partial charge < -0.3 is 10.4 Å². The van der Waals surface area contributed by atoms with Crippen LogP contribution in [0.5, 0.6) is 5.75 Å². The van der Waals surface area contributed by atoms with E-state index in [0.717, 1.165) is 25.3 Å². The predicted molar refractivity (Wildman–Crippen MR) is 67.0 cm³/mol. The first kappa shape index (κ1) is 12.9. The molecule has 18 heavy (non-hydrogen) atoms. The van der Waals surface area contributed by atoms with Gasteiger partial charge in [0.25, 0.3) is 5.91 Å². The maximum Gasteiger partial charge on any atom is 0.254 e. The zero-order chi connectivity index (χ0) is 13.3. The van der Waals surface area contributed by atoms with Crippen LogP contribution < -0.4 is 5.32 Å². The van der Waals surface area contributed by atoms with E-state index in [1.807, 2.05) is 0 Å². The number of phenols is 1. The summed E-state index contributed by atoms with van der Waals surface area (Å²) in [4.78, 5) is 11.9. The van der Waals surface area contributed by atoms with Crippen LogP contribution >= 0.6 is 0 Å². The molecule has 2 rings (SSSR count). The number of carbonyl (C=O) groups is 1. The Labute approximate surface area is 106 Å². The smallest absolute Gasteiger partial charge is 0.254 e. The van der Waals surface area contributed by atoms with Crippen molar-refractivity contribution in [2.24, 2.45) is 5.41 Å². The Morgan fingerprint density at radius 3 is 2.78 bits per heavy atom. The topological polar surface area (TPSA) is 49.3 Å². The minimum atomic E-state index is -0.690. The van der Waals surface area contributed by atoms with E-state index in [4.69, 9.17) is 5.11 Å². The van der Waals surface area contributed by atoms with Gasteiger partial charge in [-0.1, -0.05) is 13.8 Å². The first-order chi connectivity index (χ1) is 8.37. The van der Waals surface area contributed by atoms with E-state index < -0.39 is 11.7 Å². The molecule has 1 fully saturated rings. The predicted octanol–water partition coefficient (Wildman–Crippen LogP) is 2.84. The maximum atomic E-state index is 13.5. The molecule has 0 bridgehead atoms. The number of carbonyl (C=O) groups excluding carboxylic acids is 1. The lowest BCUT2D eigenvalue weighted by Crippen LogP contribution is -2.34. The van der Waals surface area contributed by atoms with Crippen LogP contribution in [-0.4, -0.2) is 17.1 Å². The highest BCUT2D eigenvalue weighted by Gasteiger charge is 2.32. The molecule has 1 amide bonds. The molecule has 98 valence electrons. The van der Waals surface area contributed by atoms with E-state index in [9.17, 15) is 9.18 Å². The molecule has 1 unspecified atom stereocenters. The summed E-state index contributed by atoms with van der Waals surface area (Å²) in [6, 6.07) is 3.69. The minimum Gasteiger partial charge on any atom is -0.508 e. The van der Waals surface area contributed by atoms with Gasteiger partial charge in [0.1, 0.15) is 11.6 Å². The number of rotatable bonds is 2. The Bertz CT molecular complexity index is 471. The average Bonchev–Trinajstić information content (AvgIpc) is 2.57. The fourth-order valence-electron chi connectivity index (χ4n) is 2.51. The standard InChI is InChI=1S/C14H18FNO2/c1-14(2)6-5-9(8-14)16-13(18)11-4-3-10(17)7-12(11)15/h3-4,7,9,17H,5-6,8H2,1-2H3,(H,16,18). The van der Waals surface area contributed by atoms with Crippen molar-refractivity contribution in [1.29, 1.82) is 0 Å². The average molecular weight is 251 g/mol. The number of phenolic OH excluding ortho intramolecular Hbond substituents is 1. The Hall–Kier alpha value is -1.58. The molecule has 1 aromatic rings. The molecule has 1 saturated carbocycles. The van der Waals surface area contributed by atoms with Gasteiger partial charge in [-0.2, -0.15) is 0 Å². The fourth-order valence-corrected chi connectivity index (χ4v) is 2.51. The normalized spacial score (nSPS) is 21.8. The summed E-state index contributed by atoms with van der Waals surface area (Å²) in [5.74, 6) is -1.27. The lowest BCUT2D eigenvalue weighted by atomic mass is 9.92. The van der Waals surface area contributed by atoms with Crippen LogP contribution in [0.1, 0.15) is 43.5 Å². The van der Waals surface area contributed by atoms with Crippen molar-refractivity contribution in [3.8, 4) is 5.75 Å². The van der Waals surface area contributed by atoms with E-state index in [0.29, 0.717) is 0 Å². The summed E-state index contributed by atoms with van der Waals surface area (Å²) < 4.78 is 13.5. The van der Waals surface area contributed by atoms with Crippen LogP contribution in [0.25, 0.3) is 0 Å². The Balaban J connectivity index is 2.04. The second-order valence-corrected chi connectivity index (χ2v) is 5.74. The second-order valence-electron chi connectivity index (χ2n) is 5.74. The van der Waals surface area contributed by atoms with E-state index in [1.54, 1.807) is 0 Å². The van der Waals surface area contributed by atoms with E-state index in [2.05, 4.69) is 19.2 Å². The third-order valence-corrected chi connectivity index (χ3v) is 3.50. The summed E-state index contributed by atoms with van der Waals surface area (Å²) in [7, 11) is 0. The molecule has 1 aromatic carbocycles. The number of benzene rings is 1. The first-order valence-corrected chi connectivity index (χ1v) is 6.17. The summed E-state index contributed by atoms with van der Waals surface area (Å²) in [6.45, 7) is 4.33. The third kappa shape index (κ3) is 2.81. The summed E-state index contributed by atoms with van der Waals surface area (Å²) >= 11 is 0. The highest BCUT2D eigenvalue weighted by atomic mass is 19.1. The molecule has 0 aromatic heterocycles. The van der Waals surface area contributed by atoms with Gasteiger partial charge in [-0.3, -0.25) is 4.79 Å². The van der Waals surface area contributed by atoms with Gasteiger partial charge in [-0.05, 0) is 36.8 Å². The largest absolute Gasteiger partial charge is 0.508 e. The molecule has 0 aliphatic heterocycles. The van der Waals surface area contributed by atoms with E-state index in [1.165, 1.54) is 12.1 Å². The van der Waals surface area contributed by atoms with Crippen molar-refractivity contribution < 1.29 is 14.3 Å². The summed E-state index contributed by atoms with van der Waals surface area (Å²) in [5.41, 5.74) is 0.225. The van der Waals surface area contributed by atoms with Crippen molar-refractivity contribution in [2.45, 2.75) is 39.2 Å². The van der Waals surface area contributed by atoms with Crippen LogP contribution in [0.2, 0.25) is 0 Å². The van der Waals surface area contributed by atoms with Crippen LogP contribution in [0.15, 0.2) is 18.2 Å². The molecule has 0 saturated heterocycles.